The van der Waals surface area contributed by atoms with Crippen molar-refractivity contribution in [1.29, 1.82) is 0 Å². The fourth-order valence-electron chi connectivity index (χ4n) is 2.24. The van der Waals surface area contributed by atoms with Crippen molar-refractivity contribution in [1.82, 2.24) is 15.2 Å². The Hall–Kier alpha value is -1.96. The van der Waals surface area contributed by atoms with Crippen LogP contribution in [0.2, 0.25) is 10.2 Å². The number of aliphatic imine (C=N–C) groups is 1. The molecule has 9 heteroatoms. The van der Waals surface area contributed by atoms with Crippen LogP contribution in [0, 0.1) is 5.82 Å². The summed E-state index contributed by atoms with van der Waals surface area (Å²) in [6, 6.07) is 7.40. The first-order chi connectivity index (χ1) is 12.9. The first-order valence-corrected chi connectivity index (χ1v) is 9.24. The Labute approximate surface area is 168 Å². The molecule has 6 nitrogen and oxygen atoms in total. The normalized spacial score (nSPS) is 12.7. The number of aliphatic hydroxyl groups excluding tert-OH is 1. The summed E-state index contributed by atoms with van der Waals surface area (Å²) in [7, 11) is 1.82. The molecule has 0 spiro atoms. The molecular formula is C18H23Cl2FN4O2. The predicted octanol–water partition coefficient (Wildman–Crippen LogP) is 2.97. The van der Waals surface area contributed by atoms with Crippen LogP contribution in [-0.2, 0) is 13.6 Å². The smallest absolute Gasteiger partial charge is 0.191 e. The van der Waals surface area contributed by atoms with E-state index < -0.39 is 6.10 Å². The number of hydrogen-bond acceptors (Lipinski definition) is 3. The van der Waals surface area contributed by atoms with Gasteiger partial charge in [-0.05, 0) is 37.3 Å². The highest BCUT2D eigenvalue weighted by molar-refractivity contribution is 6.41. The Morgan fingerprint density at radius 1 is 1.30 bits per heavy atom. The lowest BCUT2D eigenvalue weighted by atomic mass is 10.3. The van der Waals surface area contributed by atoms with Crippen molar-refractivity contribution in [3.63, 3.8) is 0 Å². The Morgan fingerprint density at radius 2 is 2.00 bits per heavy atom. The maximum Gasteiger partial charge on any atom is 0.191 e. The van der Waals surface area contributed by atoms with Crippen LogP contribution < -0.4 is 15.4 Å². The minimum absolute atomic E-state index is 0.0705. The summed E-state index contributed by atoms with van der Waals surface area (Å²) in [6.07, 6.45) is -0.766. The fraction of sp³-hybridized carbons (Fsp3) is 0.389. The van der Waals surface area contributed by atoms with Crippen molar-refractivity contribution >= 4 is 29.2 Å². The molecule has 27 heavy (non-hydrogen) atoms. The zero-order valence-corrected chi connectivity index (χ0v) is 16.7. The van der Waals surface area contributed by atoms with Crippen molar-refractivity contribution in [2.24, 2.45) is 12.0 Å². The summed E-state index contributed by atoms with van der Waals surface area (Å²) in [6.45, 7) is 3.30. The molecule has 0 fully saturated rings. The van der Waals surface area contributed by atoms with Crippen LogP contribution in [0.5, 0.6) is 5.75 Å². The van der Waals surface area contributed by atoms with Gasteiger partial charge in [0.25, 0.3) is 0 Å². The van der Waals surface area contributed by atoms with Crippen LogP contribution in [0.15, 0.2) is 35.3 Å². The van der Waals surface area contributed by atoms with E-state index in [1.54, 1.807) is 10.6 Å². The molecule has 0 saturated carbocycles. The Morgan fingerprint density at radius 3 is 2.59 bits per heavy atom. The number of rotatable bonds is 8. The van der Waals surface area contributed by atoms with Gasteiger partial charge in [-0.25, -0.2) is 9.38 Å². The lowest BCUT2D eigenvalue weighted by Gasteiger charge is -2.16. The zero-order chi connectivity index (χ0) is 19.8. The summed E-state index contributed by atoms with van der Waals surface area (Å²) in [5.41, 5.74) is 0.863. The van der Waals surface area contributed by atoms with E-state index in [9.17, 15) is 9.50 Å². The maximum atomic E-state index is 12.9. The van der Waals surface area contributed by atoms with Gasteiger partial charge in [-0.2, -0.15) is 0 Å². The number of aliphatic hydroxyl groups is 1. The molecule has 1 aromatic heterocycles. The first kappa shape index (κ1) is 21.3. The molecule has 0 aliphatic rings. The van der Waals surface area contributed by atoms with Crippen LogP contribution in [-0.4, -0.2) is 41.4 Å². The van der Waals surface area contributed by atoms with E-state index in [-0.39, 0.29) is 19.0 Å². The summed E-state index contributed by atoms with van der Waals surface area (Å²) in [5, 5.41) is 17.2. The van der Waals surface area contributed by atoms with Crippen LogP contribution in [0.3, 0.4) is 0 Å². The summed E-state index contributed by atoms with van der Waals surface area (Å²) in [4.78, 5) is 4.46. The molecule has 2 aromatic rings. The highest BCUT2D eigenvalue weighted by atomic mass is 35.5. The molecule has 2 rings (SSSR count). The molecule has 0 aliphatic heterocycles. The molecule has 1 aromatic carbocycles. The van der Waals surface area contributed by atoms with E-state index in [0.717, 1.165) is 5.69 Å². The summed E-state index contributed by atoms with van der Waals surface area (Å²) in [5.74, 6) is 0.706. The largest absolute Gasteiger partial charge is 0.491 e. The molecule has 0 radical (unpaired) electrons. The van der Waals surface area contributed by atoms with Crippen molar-refractivity contribution in [3.8, 4) is 5.75 Å². The molecule has 0 aliphatic carbocycles. The topological polar surface area (TPSA) is 70.8 Å². The van der Waals surface area contributed by atoms with E-state index >= 15 is 0 Å². The third-order valence-corrected chi connectivity index (χ3v) is 4.56. The Kier molecular flexibility index (Phi) is 8.22. The number of guanidine groups is 1. The van der Waals surface area contributed by atoms with Crippen LogP contribution in [0.4, 0.5) is 4.39 Å². The molecule has 1 heterocycles. The fourth-order valence-corrected chi connectivity index (χ4v) is 2.65. The minimum atomic E-state index is -0.766. The molecular weight excluding hydrogens is 394 g/mol. The van der Waals surface area contributed by atoms with Gasteiger partial charge in [0.15, 0.2) is 5.96 Å². The number of nitrogens with zero attached hydrogens (tertiary/aromatic N) is 2. The number of aromatic nitrogens is 1. The summed E-state index contributed by atoms with van der Waals surface area (Å²) < 4.78 is 20.1. The minimum Gasteiger partial charge on any atom is -0.491 e. The molecule has 0 bridgehead atoms. The highest BCUT2D eigenvalue weighted by Gasteiger charge is 2.10. The highest BCUT2D eigenvalue weighted by Crippen LogP contribution is 2.25. The van der Waals surface area contributed by atoms with Crippen molar-refractivity contribution in [3.05, 3.63) is 52.0 Å². The SMILES string of the molecule is CCNC(=NCc1cc(Cl)c(Cl)n1C)NCC(O)COc1ccc(F)cc1. The van der Waals surface area contributed by atoms with Crippen LogP contribution in [0.25, 0.3) is 0 Å². The van der Waals surface area contributed by atoms with E-state index in [0.29, 0.717) is 35.0 Å². The lowest BCUT2D eigenvalue weighted by Crippen LogP contribution is -2.42. The molecule has 0 saturated heterocycles. The van der Waals surface area contributed by atoms with E-state index in [4.69, 9.17) is 27.9 Å². The second kappa shape index (κ2) is 10.4. The second-order valence-corrected chi connectivity index (χ2v) is 6.59. The second-order valence-electron chi connectivity index (χ2n) is 5.83. The quantitative estimate of drug-likeness (QED) is 0.456. The first-order valence-electron chi connectivity index (χ1n) is 8.49. The van der Waals surface area contributed by atoms with E-state index in [2.05, 4.69) is 15.6 Å². The van der Waals surface area contributed by atoms with E-state index in [1.165, 1.54) is 24.3 Å². The van der Waals surface area contributed by atoms with Gasteiger partial charge in [0.05, 0.1) is 11.6 Å². The number of nitrogens with one attached hydrogen (secondary N) is 2. The zero-order valence-electron chi connectivity index (χ0n) is 15.2. The Bertz CT molecular complexity index is 765. The summed E-state index contributed by atoms with van der Waals surface area (Å²) >= 11 is 12.1. The predicted molar refractivity (Wildman–Crippen MR) is 106 cm³/mol. The van der Waals surface area contributed by atoms with Gasteiger partial charge in [0.1, 0.15) is 29.4 Å². The monoisotopic (exact) mass is 416 g/mol. The number of hydrogen-bond donors (Lipinski definition) is 3. The van der Waals surface area contributed by atoms with Crippen LogP contribution in [0.1, 0.15) is 12.6 Å². The van der Waals surface area contributed by atoms with Gasteiger partial charge in [0.2, 0.25) is 0 Å². The molecule has 0 amide bonds. The van der Waals surface area contributed by atoms with Gasteiger partial charge in [0, 0.05) is 25.8 Å². The molecule has 3 N–H and O–H groups in total. The number of benzene rings is 1. The van der Waals surface area contributed by atoms with Gasteiger partial charge in [-0.15, -0.1) is 0 Å². The third kappa shape index (κ3) is 6.61. The molecule has 1 unspecified atom stereocenters. The molecule has 1 atom stereocenters. The average molecular weight is 417 g/mol. The molecule has 148 valence electrons. The van der Waals surface area contributed by atoms with Gasteiger partial charge >= 0.3 is 0 Å². The number of halogens is 3. The average Bonchev–Trinajstić information content (AvgIpc) is 2.90. The van der Waals surface area contributed by atoms with Crippen LogP contribution >= 0.6 is 23.2 Å². The third-order valence-electron chi connectivity index (χ3n) is 3.72. The standard InChI is InChI=1S/C18H23Cl2FN4O2/c1-3-22-18(23-9-13-8-16(19)17(20)25(13)2)24-10-14(26)11-27-15-6-4-12(21)5-7-15/h4-8,14,26H,3,9-11H2,1-2H3,(H2,22,23,24). The van der Waals surface area contributed by atoms with Gasteiger partial charge in [-0.3, -0.25) is 0 Å². The maximum absolute atomic E-state index is 12.9. The van der Waals surface area contributed by atoms with Crippen molar-refractivity contribution < 1.29 is 14.2 Å². The van der Waals surface area contributed by atoms with Crippen molar-refractivity contribution in [2.75, 3.05) is 19.7 Å². The Balaban J connectivity index is 1.85. The van der Waals surface area contributed by atoms with E-state index in [1.807, 2.05) is 14.0 Å². The lowest BCUT2D eigenvalue weighted by molar-refractivity contribution is 0.110. The van der Waals surface area contributed by atoms with Crippen molar-refractivity contribution in [2.45, 2.75) is 19.6 Å². The van der Waals surface area contributed by atoms with Gasteiger partial charge < -0.3 is 25.0 Å². The van der Waals surface area contributed by atoms with Gasteiger partial charge in [-0.1, -0.05) is 23.2 Å². The number of ether oxygens (including phenoxy) is 1.